The van der Waals surface area contributed by atoms with Gasteiger partial charge < -0.3 is 0 Å². The van der Waals surface area contributed by atoms with E-state index in [0.717, 1.165) is 12.1 Å². The lowest BCUT2D eigenvalue weighted by atomic mass is 10.1. The summed E-state index contributed by atoms with van der Waals surface area (Å²) in [6.45, 7) is 0.127. The highest BCUT2D eigenvalue weighted by atomic mass is 19.4. The summed E-state index contributed by atoms with van der Waals surface area (Å²) in [4.78, 5) is 9.66. The Morgan fingerprint density at radius 3 is 2.21 bits per heavy atom. The molecule has 1 N–H and O–H groups in total. The molecule has 0 aliphatic heterocycles. The van der Waals surface area contributed by atoms with Gasteiger partial charge in [-0.2, -0.15) is 13.2 Å². The number of hydrogen-bond acceptors (Lipinski definition) is 2. The maximum Gasteiger partial charge on any atom is 0.416 e. The van der Waals surface area contributed by atoms with E-state index >= 15 is 0 Å². The molecule has 6 heteroatoms. The number of halogens is 3. The smallest absolute Gasteiger partial charge is 0.269 e. The largest absolute Gasteiger partial charge is 0.416 e. The molecule has 0 aliphatic rings. The maximum absolute atomic E-state index is 12.1. The average molecular weight is 204 g/mol. The molecule has 0 atom stereocenters. The zero-order valence-corrected chi connectivity index (χ0v) is 7.01. The van der Waals surface area contributed by atoms with E-state index in [-0.39, 0.29) is 6.54 Å². The van der Waals surface area contributed by atoms with Gasteiger partial charge in [0.25, 0.3) is 0 Å². The number of benzene rings is 1. The van der Waals surface area contributed by atoms with Crippen molar-refractivity contribution in [1.29, 1.82) is 0 Å². The lowest BCUT2D eigenvalue weighted by molar-refractivity contribution is -0.137. The molecule has 0 saturated carbocycles. The van der Waals surface area contributed by atoms with Gasteiger partial charge in [-0.15, -0.1) is 4.91 Å². The first-order chi connectivity index (χ1) is 6.54. The Bertz CT molecular complexity index is 307. The van der Waals surface area contributed by atoms with Crippen LogP contribution in [0, 0.1) is 4.91 Å². The molecule has 0 unspecified atom stereocenters. The molecule has 0 bridgehead atoms. The molecule has 0 amide bonds. The van der Waals surface area contributed by atoms with Gasteiger partial charge in [0.05, 0.1) is 12.1 Å². The molecule has 1 aromatic carbocycles. The third-order valence-corrected chi connectivity index (χ3v) is 1.63. The Hall–Kier alpha value is -1.59. The van der Waals surface area contributed by atoms with Crippen LogP contribution in [0.2, 0.25) is 0 Å². The minimum Gasteiger partial charge on any atom is -0.269 e. The molecule has 1 aromatic rings. The summed E-state index contributed by atoms with van der Waals surface area (Å²) in [5.74, 6) is 0. The van der Waals surface area contributed by atoms with E-state index in [1.807, 2.05) is 0 Å². The van der Waals surface area contributed by atoms with Crippen LogP contribution in [0.1, 0.15) is 11.1 Å². The van der Waals surface area contributed by atoms with Crippen molar-refractivity contribution in [3.63, 3.8) is 0 Å². The van der Waals surface area contributed by atoms with Gasteiger partial charge in [-0.3, -0.25) is 5.43 Å². The summed E-state index contributed by atoms with van der Waals surface area (Å²) in [6, 6.07) is 4.51. The third kappa shape index (κ3) is 2.72. The Kier molecular flexibility index (Phi) is 3.06. The van der Waals surface area contributed by atoms with Crippen molar-refractivity contribution in [3.8, 4) is 0 Å². The standard InChI is InChI=1S/C8H7F3N2O/c9-8(10,11)7-3-1-6(2-4-7)5-12-13-14/h1-4H,5H2,(H,12,14). The Morgan fingerprint density at radius 1 is 1.21 bits per heavy atom. The molecule has 0 aromatic heterocycles. The molecule has 14 heavy (non-hydrogen) atoms. The summed E-state index contributed by atoms with van der Waals surface area (Å²) in [6.07, 6.45) is -4.32. The van der Waals surface area contributed by atoms with Crippen LogP contribution in [0.3, 0.4) is 0 Å². The van der Waals surface area contributed by atoms with Gasteiger partial charge in [-0.1, -0.05) is 12.1 Å². The van der Waals surface area contributed by atoms with E-state index in [4.69, 9.17) is 0 Å². The van der Waals surface area contributed by atoms with Crippen LogP contribution in [0.5, 0.6) is 0 Å². The number of hydrogen-bond donors (Lipinski definition) is 1. The zero-order valence-electron chi connectivity index (χ0n) is 7.01. The maximum atomic E-state index is 12.1. The predicted molar refractivity (Wildman–Crippen MR) is 44.1 cm³/mol. The van der Waals surface area contributed by atoms with Gasteiger partial charge in [-0.05, 0) is 17.7 Å². The molecule has 76 valence electrons. The summed E-state index contributed by atoms with van der Waals surface area (Å²) < 4.78 is 36.3. The van der Waals surface area contributed by atoms with Crippen molar-refractivity contribution in [2.75, 3.05) is 0 Å². The minimum atomic E-state index is -4.32. The predicted octanol–water partition coefficient (Wildman–Crippen LogP) is 2.48. The molecule has 0 spiro atoms. The van der Waals surface area contributed by atoms with Crippen LogP contribution in [-0.2, 0) is 12.7 Å². The van der Waals surface area contributed by atoms with Crippen LogP contribution < -0.4 is 5.43 Å². The normalized spacial score (nSPS) is 11.1. The van der Waals surface area contributed by atoms with Crippen molar-refractivity contribution < 1.29 is 13.2 Å². The van der Waals surface area contributed by atoms with Crippen LogP contribution >= 0.6 is 0 Å². The van der Waals surface area contributed by atoms with E-state index in [2.05, 4.69) is 10.7 Å². The van der Waals surface area contributed by atoms with Crippen molar-refractivity contribution >= 4 is 0 Å². The van der Waals surface area contributed by atoms with Crippen molar-refractivity contribution in [2.45, 2.75) is 12.7 Å². The van der Waals surface area contributed by atoms with E-state index in [0.29, 0.717) is 5.56 Å². The topological polar surface area (TPSA) is 41.5 Å². The second-order valence-electron chi connectivity index (χ2n) is 2.62. The van der Waals surface area contributed by atoms with Crippen LogP contribution in [0.15, 0.2) is 29.6 Å². The molecule has 3 nitrogen and oxygen atoms in total. The third-order valence-electron chi connectivity index (χ3n) is 1.63. The first-order valence-electron chi connectivity index (χ1n) is 3.75. The summed E-state index contributed by atoms with van der Waals surface area (Å²) >= 11 is 0. The first kappa shape index (κ1) is 10.5. The molecule has 0 fully saturated rings. The number of nitroso groups, excluding NO2 is 1. The van der Waals surface area contributed by atoms with Crippen molar-refractivity contribution in [3.05, 3.63) is 40.3 Å². The molecule has 0 heterocycles. The Morgan fingerprint density at radius 2 is 1.79 bits per heavy atom. The average Bonchev–Trinajstić information content (AvgIpc) is 2.14. The minimum absolute atomic E-state index is 0.127. The fraction of sp³-hybridized carbons (Fsp3) is 0.250. The number of nitrogens with one attached hydrogen (secondary N) is 1. The molecule has 0 aliphatic carbocycles. The van der Waals surface area contributed by atoms with Crippen molar-refractivity contribution in [2.24, 2.45) is 5.29 Å². The lowest BCUT2D eigenvalue weighted by Crippen LogP contribution is -2.06. The highest BCUT2D eigenvalue weighted by molar-refractivity contribution is 5.24. The van der Waals surface area contributed by atoms with Gasteiger partial charge >= 0.3 is 6.18 Å². The molecule has 1 rings (SSSR count). The highest BCUT2D eigenvalue weighted by Gasteiger charge is 2.29. The SMILES string of the molecule is O=NNCc1ccc(C(F)(F)F)cc1. The molecular formula is C8H7F3N2O. The van der Waals surface area contributed by atoms with Crippen LogP contribution in [0.4, 0.5) is 13.2 Å². The zero-order chi connectivity index (χ0) is 10.6. The number of alkyl halides is 3. The first-order valence-corrected chi connectivity index (χ1v) is 3.75. The van der Waals surface area contributed by atoms with Gasteiger partial charge in [0.2, 0.25) is 0 Å². The number of nitrogens with zero attached hydrogens (tertiary/aromatic N) is 1. The quantitative estimate of drug-likeness (QED) is 0.607. The number of rotatable bonds is 3. The Balaban J connectivity index is 2.73. The fourth-order valence-electron chi connectivity index (χ4n) is 0.935. The second kappa shape index (κ2) is 4.08. The highest BCUT2D eigenvalue weighted by Crippen LogP contribution is 2.28. The fourth-order valence-corrected chi connectivity index (χ4v) is 0.935. The van der Waals surface area contributed by atoms with Crippen molar-refractivity contribution in [1.82, 2.24) is 5.43 Å². The van der Waals surface area contributed by atoms with Gasteiger partial charge in [0.15, 0.2) is 0 Å². The monoisotopic (exact) mass is 204 g/mol. The van der Waals surface area contributed by atoms with E-state index in [1.54, 1.807) is 0 Å². The van der Waals surface area contributed by atoms with Gasteiger partial charge in [-0.25, -0.2) is 0 Å². The summed E-state index contributed by atoms with van der Waals surface area (Å²) in [5, 5.41) is 2.38. The van der Waals surface area contributed by atoms with E-state index in [1.165, 1.54) is 12.1 Å². The van der Waals surface area contributed by atoms with Crippen LogP contribution in [-0.4, -0.2) is 0 Å². The summed E-state index contributed by atoms with van der Waals surface area (Å²) in [7, 11) is 0. The second-order valence-corrected chi connectivity index (χ2v) is 2.62. The molecule has 0 saturated heterocycles. The van der Waals surface area contributed by atoms with Gasteiger partial charge in [0.1, 0.15) is 0 Å². The van der Waals surface area contributed by atoms with E-state index in [9.17, 15) is 18.1 Å². The molecular weight excluding hydrogens is 197 g/mol. The van der Waals surface area contributed by atoms with E-state index < -0.39 is 11.7 Å². The van der Waals surface area contributed by atoms with Crippen LogP contribution in [0.25, 0.3) is 0 Å². The lowest BCUT2D eigenvalue weighted by Gasteiger charge is -2.06. The molecule has 0 radical (unpaired) electrons. The van der Waals surface area contributed by atoms with Gasteiger partial charge in [0, 0.05) is 5.29 Å². The Labute approximate surface area is 77.9 Å². The summed E-state index contributed by atoms with van der Waals surface area (Å²) in [5.41, 5.74) is 1.97.